The molecule has 3 aromatic carbocycles. The molecule has 0 saturated heterocycles. The molecule has 148 valence electrons. The Morgan fingerprint density at radius 2 is 1.63 bits per heavy atom. The molecule has 0 atom stereocenters. The number of aromatic nitrogens is 4. The fourth-order valence-corrected chi connectivity index (χ4v) is 3.72. The number of nitrogens with one attached hydrogen (secondary N) is 1. The van der Waals surface area contributed by atoms with Gasteiger partial charge in [0.2, 0.25) is 0 Å². The molecule has 2 aromatic heterocycles. The third-order valence-corrected chi connectivity index (χ3v) is 5.29. The molecule has 5 nitrogen and oxygen atoms in total. The summed E-state index contributed by atoms with van der Waals surface area (Å²) in [4.78, 5) is 4.46. The Morgan fingerprint density at radius 3 is 2.43 bits per heavy atom. The van der Waals surface area contributed by atoms with Crippen LogP contribution in [0.15, 0.2) is 91.4 Å². The van der Waals surface area contributed by atoms with E-state index < -0.39 is 0 Å². The van der Waals surface area contributed by atoms with Crippen LogP contribution in [0, 0.1) is 0 Å². The molecular formula is C25H23N5. The lowest BCUT2D eigenvalue weighted by Gasteiger charge is -2.06. The SMILES string of the molecule is Cn1cnc2cc(CNCc3cn(-c4ccccc4)nc3-c3ccccc3)ccc21. The van der Waals surface area contributed by atoms with E-state index in [2.05, 4.69) is 71.1 Å². The third-order valence-electron chi connectivity index (χ3n) is 5.29. The summed E-state index contributed by atoms with van der Waals surface area (Å²) in [5, 5.41) is 8.46. The van der Waals surface area contributed by atoms with E-state index >= 15 is 0 Å². The van der Waals surface area contributed by atoms with Crippen LogP contribution in [0.2, 0.25) is 0 Å². The van der Waals surface area contributed by atoms with Gasteiger partial charge < -0.3 is 9.88 Å². The molecule has 0 bridgehead atoms. The van der Waals surface area contributed by atoms with Crippen molar-refractivity contribution in [3.05, 3.63) is 103 Å². The van der Waals surface area contributed by atoms with Crippen molar-refractivity contribution in [2.45, 2.75) is 13.1 Å². The standard InChI is InChI=1S/C25H23N5/c1-29-18-27-23-14-19(12-13-24(23)29)15-26-16-21-17-30(22-10-6-3-7-11-22)28-25(21)20-8-4-2-5-9-20/h2-14,17-18,26H,15-16H2,1H3. The Kier molecular flexibility index (Phi) is 4.87. The van der Waals surface area contributed by atoms with E-state index in [1.165, 1.54) is 11.1 Å². The lowest BCUT2D eigenvalue weighted by atomic mass is 10.1. The normalized spacial score (nSPS) is 11.2. The van der Waals surface area contributed by atoms with Crippen LogP contribution in [0.25, 0.3) is 28.0 Å². The van der Waals surface area contributed by atoms with Gasteiger partial charge in [-0.1, -0.05) is 54.6 Å². The molecule has 0 saturated carbocycles. The van der Waals surface area contributed by atoms with Crippen molar-refractivity contribution >= 4 is 11.0 Å². The topological polar surface area (TPSA) is 47.7 Å². The number of benzene rings is 3. The maximum atomic E-state index is 4.88. The summed E-state index contributed by atoms with van der Waals surface area (Å²) in [6.45, 7) is 1.51. The summed E-state index contributed by atoms with van der Waals surface area (Å²) in [5.74, 6) is 0. The van der Waals surface area contributed by atoms with Crippen molar-refractivity contribution in [3.63, 3.8) is 0 Å². The van der Waals surface area contributed by atoms with E-state index in [-0.39, 0.29) is 0 Å². The monoisotopic (exact) mass is 393 g/mol. The molecule has 5 rings (SSSR count). The highest BCUT2D eigenvalue weighted by Gasteiger charge is 2.12. The zero-order chi connectivity index (χ0) is 20.3. The van der Waals surface area contributed by atoms with Crippen LogP contribution in [0.5, 0.6) is 0 Å². The Balaban J connectivity index is 1.39. The van der Waals surface area contributed by atoms with Gasteiger partial charge in [0.05, 0.1) is 28.7 Å². The van der Waals surface area contributed by atoms with Gasteiger partial charge in [0.15, 0.2) is 0 Å². The highest BCUT2D eigenvalue weighted by Crippen LogP contribution is 2.24. The first-order valence-corrected chi connectivity index (χ1v) is 10.1. The van der Waals surface area contributed by atoms with E-state index in [0.29, 0.717) is 0 Å². The van der Waals surface area contributed by atoms with Gasteiger partial charge in [-0.05, 0) is 29.8 Å². The van der Waals surface area contributed by atoms with E-state index in [1.54, 1.807) is 0 Å². The molecule has 2 heterocycles. The van der Waals surface area contributed by atoms with E-state index in [4.69, 9.17) is 5.10 Å². The second-order valence-corrected chi connectivity index (χ2v) is 7.43. The van der Waals surface area contributed by atoms with Gasteiger partial charge in [0.25, 0.3) is 0 Å². The molecule has 0 radical (unpaired) electrons. The molecule has 5 heteroatoms. The number of nitrogens with zero attached hydrogens (tertiary/aromatic N) is 4. The van der Waals surface area contributed by atoms with Crippen LogP contribution in [-0.4, -0.2) is 19.3 Å². The van der Waals surface area contributed by atoms with Crippen molar-refractivity contribution in [3.8, 4) is 16.9 Å². The number of rotatable bonds is 6. The largest absolute Gasteiger partial charge is 0.334 e. The highest BCUT2D eigenvalue weighted by molar-refractivity contribution is 5.75. The summed E-state index contributed by atoms with van der Waals surface area (Å²) in [5.41, 5.74) is 7.75. The lowest BCUT2D eigenvalue weighted by molar-refractivity contribution is 0.694. The van der Waals surface area contributed by atoms with Gasteiger partial charge in [-0.25, -0.2) is 9.67 Å². The first kappa shape index (κ1) is 18.3. The first-order chi connectivity index (χ1) is 14.8. The third kappa shape index (κ3) is 3.63. The molecule has 0 aliphatic rings. The van der Waals surface area contributed by atoms with Gasteiger partial charge in [0, 0.05) is 37.5 Å². The Labute approximate surface area is 175 Å². The summed E-state index contributed by atoms with van der Waals surface area (Å²) in [6, 6.07) is 27.0. The van der Waals surface area contributed by atoms with Crippen LogP contribution < -0.4 is 5.32 Å². The molecule has 0 aliphatic carbocycles. The fourth-order valence-electron chi connectivity index (χ4n) is 3.72. The van der Waals surface area contributed by atoms with Crippen LogP contribution in [0.3, 0.4) is 0 Å². The predicted octanol–water partition coefficient (Wildman–Crippen LogP) is 4.72. The zero-order valence-corrected chi connectivity index (χ0v) is 16.9. The molecular weight excluding hydrogens is 370 g/mol. The summed E-state index contributed by atoms with van der Waals surface area (Å²) in [7, 11) is 2.02. The predicted molar refractivity (Wildman–Crippen MR) is 120 cm³/mol. The number of fused-ring (bicyclic) bond motifs is 1. The van der Waals surface area contributed by atoms with Crippen molar-refractivity contribution in [1.29, 1.82) is 0 Å². The molecule has 0 aliphatic heterocycles. The Bertz CT molecular complexity index is 1270. The average Bonchev–Trinajstić information content (AvgIpc) is 3.39. The summed E-state index contributed by atoms with van der Waals surface area (Å²) >= 11 is 0. The minimum Gasteiger partial charge on any atom is -0.334 e. The molecule has 30 heavy (non-hydrogen) atoms. The number of para-hydroxylation sites is 1. The minimum atomic E-state index is 0.733. The van der Waals surface area contributed by atoms with Crippen LogP contribution in [0.4, 0.5) is 0 Å². The molecule has 5 aromatic rings. The summed E-state index contributed by atoms with van der Waals surface area (Å²) < 4.78 is 4.00. The van der Waals surface area contributed by atoms with Crippen LogP contribution >= 0.6 is 0 Å². The first-order valence-electron chi connectivity index (χ1n) is 10.1. The van der Waals surface area contributed by atoms with Gasteiger partial charge in [-0.2, -0.15) is 5.10 Å². The maximum Gasteiger partial charge on any atom is 0.0972 e. The highest BCUT2D eigenvalue weighted by atomic mass is 15.3. The van der Waals surface area contributed by atoms with Gasteiger partial charge in [0.1, 0.15) is 0 Å². The Morgan fingerprint density at radius 1 is 0.867 bits per heavy atom. The van der Waals surface area contributed by atoms with E-state index in [1.807, 2.05) is 46.9 Å². The minimum absolute atomic E-state index is 0.733. The van der Waals surface area contributed by atoms with Gasteiger partial charge in [-0.3, -0.25) is 0 Å². The van der Waals surface area contributed by atoms with Crippen molar-refractivity contribution in [1.82, 2.24) is 24.6 Å². The molecule has 0 unspecified atom stereocenters. The van der Waals surface area contributed by atoms with Crippen molar-refractivity contribution < 1.29 is 0 Å². The molecule has 0 spiro atoms. The number of hydrogen-bond donors (Lipinski definition) is 1. The zero-order valence-electron chi connectivity index (χ0n) is 16.9. The maximum absolute atomic E-state index is 4.88. The molecule has 1 N–H and O–H groups in total. The summed E-state index contributed by atoms with van der Waals surface area (Å²) in [6.07, 6.45) is 3.97. The lowest BCUT2D eigenvalue weighted by Crippen LogP contribution is -2.12. The number of imidazole rings is 1. The smallest absolute Gasteiger partial charge is 0.0972 e. The second kappa shape index (κ2) is 7.97. The quantitative estimate of drug-likeness (QED) is 0.454. The van der Waals surface area contributed by atoms with Crippen molar-refractivity contribution in [2.75, 3.05) is 0 Å². The fraction of sp³-hybridized carbons (Fsp3) is 0.120. The van der Waals surface area contributed by atoms with Crippen LogP contribution in [-0.2, 0) is 20.1 Å². The van der Waals surface area contributed by atoms with Gasteiger partial charge >= 0.3 is 0 Å². The van der Waals surface area contributed by atoms with Crippen molar-refractivity contribution in [2.24, 2.45) is 7.05 Å². The Hall–Kier alpha value is -3.70. The van der Waals surface area contributed by atoms with Crippen LogP contribution in [0.1, 0.15) is 11.1 Å². The molecule has 0 fully saturated rings. The second-order valence-electron chi connectivity index (χ2n) is 7.43. The molecule has 0 amide bonds. The number of aryl methyl sites for hydroxylation is 1. The van der Waals surface area contributed by atoms with E-state index in [0.717, 1.165) is 41.1 Å². The van der Waals surface area contributed by atoms with Gasteiger partial charge in [-0.15, -0.1) is 0 Å². The average molecular weight is 393 g/mol. The van der Waals surface area contributed by atoms with E-state index in [9.17, 15) is 0 Å². The number of hydrogen-bond acceptors (Lipinski definition) is 3.